The van der Waals surface area contributed by atoms with Crippen LogP contribution >= 0.6 is 11.6 Å². The van der Waals surface area contributed by atoms with Crippen molar-refractivity contribution in [3.63, 3.8) is 0 Å². The van der Waals surface area contributed by atoms with Crippen molar-refractivity contribution in [3.8, 4) is 11.5 Å². The van der Waals surface area contributed by atoms with Gasteiger partial charge in [-0.2, -0.15) is 0 Å². The van der Waals surface area contributed by atoms with Crippen molar-refractivity contribution in [2.75, 3.05) is 13.1 Å². The van der Waals surface area contributed by atoms with Gasteiger partial charge in [0.05, 0.1) is 10.1 Å². The molecule has 0 saturated carbocycles. The lowest BCUT2D eigenvalue weighted by Crippen LogP contribution is -2.50. The molecule has 150 valence electrons. The Kier molecular flexibility index (Phi) is 6.27. The van der Waals surface area contributed by atoms with E-state index in [1.165, 1.54) is 12.1 Å². The van der Waals surface area contributed by atoms with E-state index in [1.54, 1.807) is 41.3 Å². The lowest BCUT2D eigenvalue weighted by Gasteiger charge is -2.36. The monoisotopic (exact) mass is 423 g/mol. The maximum atomic E-state index is 13.0. The summed E-state index contributed by atoms with van der Waals surface area (Å²) in [6, 6.07) is 12.3. The van der Waals surface area contributed by atoms with Gasteiger partial charge in [0.15, 0.2) is 9.84 Å². The largest absolute Gasteiger partial charge is 0.480 e. The standard InChI is InChI=1S/C20H22ClNO5S/c1-2-22-12-11-18(13-19(22)20(23)24)28(25,26)17-9-7-16(8-10-17)27-15-5-3-14(21)4-6-15/h3-10,18-19H,2,11-13H2,1H3,(H,23,24). The van der Waals surface area contributed by atoms with Gasteiger partial charge in [-0.3, -0.25) is 9.69 Å². The average molecular weight is 424 g/mol. The highest BCUT2D eigenvalue weighted by atomic mass is 35.5. The Bertz CT molecular complexity index is 928. The number of carbonyl (C=O) groups is 1. The van der Waals surface area contributed by atoms with E-state index in [4.69, 9.17) is 16.3 Å². The van der Waals surface area contributed by atoms with Crippen molar-refractivity contribution in [2.24, 2.45) is 0 Å². The molecule has 2 aromatic rings. The summed E-state index contributed by atoms with van der Waals surface area (Å²) in [4.78, 5) is 13.5. The maximum absolute atomic E-state index is 13.0. The van der Waals surface area contributed by atoms with Crippen molar-refractivity contribution in [1.82, 2.24) is 4.90 Å². The number of hydrogen-bond donors (Lipinski definition) is 1. The van der Waals surface area contributed by atoms with E-state index in [-0.39, 0.29) is 11.3 Å². The van der Waals surface area contributed by atoms with Crippen LogP contribution in [0.1, 0.15) is 19.8 Å². The Morgan fingerprint density at radius 3 is 2.25 bits per heavy atom. The van der Waals surface area contributed by atoms with Crippen molar-refractivity contribution >= 4 is 27.4 Å². The molecule has 28 heavy (non-hydrogen) atoms. The molecule has 0 aliphatic carbocycles. The van der Waals surface area contributed by atoms with Crippen LogP contribution < -0.4 is 4.74 Å². The molecule has 3 rings (SSSR count). The number of ether oxygens (including phenoxy) is 1. The summed E-state index contributed by atoms with van der Waals surface area (Å²) in [6.07, 6.45) is 0.511. The van der Waals surface area contributed by atoms with E-state index in [1.807, 2.05) is 6.92 Å². The summed E-state index contributed by atoms with van der Waals surface area (Å²) < 4.78 is 31.7. The first kappa shape index (κ1) is 20.6. The molecule has 0 radical (unpaired) electrons. The molecular weight excluding hydrogens is 402 g/mol. The zero-order valence-corrected chi connectivity index (χ0v) is 17.0. The average Bonchev–Trinajstić information content (AvgIpc) is 2.69. The van der Waals surface area contributed by atoms with Gasteiger partial charge in [-0.1, -0.05) is 18.5 Å². The summed E-state index contributed by atoms with van der Waals surface area (Å²) in [7, 11) is -3.62. The van der Waals surface area contributed by atoms with Gasteiger partial charge >= 0.3 is 5.97 Å². The van der Waals surface area contributed by atoms with Gasteiger partial charge in [-0.15, -0.1) is 0 Å². The number of aliphatic carboxylic acids is 1. The highest BCUT2D eigenvalue weighted by Gasteiger charge is 2.39. The normalized spacial score (nSPS) is 20.6. The van der Waals surface area contributed by atoms with E-state index in [0.717, 1.165) is 0 Å². The molecule has 1 aliphatic rings. The Morgan fingerprint density at radius 2 is 1.71 bits per heavy atom. The molecule has 2 unspecified atom stereocenters. The third kappa shape index (κ3) is 4.48. The fourth-order valence-electron chi connectivity index (χ4n) is 3.43. The van der Waals surface area contributed by atoms with Gasteiger partial charge < -0.3 is 9.84 Å². The summed E-state index contributed by atoms with van der Waals surface area (Å²) >= 11 is 5.85. The molecule has 0 bridgehead atoms. The number of hydrogen-bond acceptors (Lipinski definition) is 5. The number of likely N-dealkylation sites (N-methyl/N-ethyl adjacent to an activating group) is 1. The molecule has 2 aromatic carbocycles. The van der Waals surface area contributed by atoms with E-state index in [9.17, 15) is 18.3 Å². The second-order valence-electron chi connectivity index (χ2n) is 6.70. The molecule has 1 heterocycles. The molecule has 1 aliphatic heterocycles. The Labute approximate surface area is 169 Å². The first-order chi connectivity index (χ1) is 13.3. The third-order valence-corrected chi connectivity index (χ3v) is 7.48. The van der Waals surface area contributed by atoms with E-state index in [2.05, 4.69) is 0 Å². The van der Waals surface area contributed by atoms with Crippen LogP contribution in [-0.2, 0) is 14.6 Å². The van der Waals surface area contributed by atoms with Crippen LogP contribution in [0.15, 0.2) is 53.4 Å². The lowest BCUT2D eigenvalue weighted by atomic mass is 10.0. The SMILES string of the molecule is CCN1CCC(S(=O)(=O)c2ccc(Oc3ccc(Cl)cc3)cc2)CC1C(=O)O. The van der Waals surface area contributed by atoms with Gasteiger partial charge in [0.25, 0.3) is 0 Å². The highest BCUT2D eigenvalue weighted by Crippen LogP contribution is 2.30. The number of benzene rings is 2. The van der Waals surface area contributed by atoms with Crippen molar-refractivity contribution in [2.45, 2.75) is 36.0 Å². The summed E-state index contributed by atoms with van der Waals surface area (Å²) in [5, 5.41) is 9.32. The molecule has 0 aromatic heterocycles. The molecule has 0 spiro atoms. The van der Waals surface area contributed by atoms with Crippen molar-refractivity contribution in [1.29, 1.82) is 0 Å². The van der Waals surface area contributed by atoms with Crippen LogP contribution in [0.2, 0.25) is 5.02 Å². The van der Waals surface area contributed by atoms with Crippen molar-refractivity contribution in [3.05, 3.63) is 53.6 Å². The molecule has 6 nitrogen and oxygen atoms in total. The molecule has 2 atom stereocenters. The maximum Gasteiger partial charge on any atom is 0.320 e. The molecule has 1 N–H and O–H groups in total. The van der Waals surface area contributed by atoms with Gasteiger partial charge in [0.1, 0.15) is 17.5 Å². The van der Waals surface area contributed by atoms with Gasteiger partial charge in [0.2, 0.25) is 0 Å². The first-order valence-corrected chi connectivity index (χ1v) is 11.0. The number of sulfone groups is 1. The number of likely N-dealkylation sites (tertiary alicyclic amines) is 1. The summed E-state index contributed by atoms with van der Waals surface area (Å²) in [6.45, 7) is 2.92. The number of halogens is 1. The Balaban J connectivity index is 1.75. The first-order valence-electron chi connectivity index (χ1n) is 9.05. The van der Waals surface area contributed by atoms with E-state index in [0.29, 0.717) is 36.0 Å². The lowest BCUT2D eigenvalue weighted by molar-refractivity contribution is -0.144. The van der Waals surface area contributed by atoms with Crippen LogP contribution in [0.4, 0.5) is 0 Å². The minimum atomic E-state index is -3.62. The zero-order chi connectivity index (χ0) is 20.3. The fraction of sp³-hybridized carbons (Fsp3) is 0.350. The predicted octanol–water partition coefficient (Wildman–Crippen LogP) is 3.84. The van der Waals surface area contributed by atoms with E-state index < -0.39 is 27.1 Å². The van der Waals surface area contributed by atoms with Crippen LogP contribution in [0, 0.1) is 0 Å². The molecule has 8 heteroatoms. The van der Waals surface area contributed by atoms with Crippen LogP contribution in [0.5, 0.6) is 11.5 Å². The van der Waals surface area contributed by atoms with Gasteiger partial charge in [-0.25, -0.2) is 8.42 Å². The quantitative estimate of drug-likeness (QED) is 0.759. The Hall–Kier alpha value is -2.09. The molecular formula is C20H22ClNO5S. The number of rotatable bonds is 6. The molecule has 0 amide bonds. The van der Waals surface area contributed by atoms with Crippen LogP contribution in [0.3, 0.4) is 0 Å². The van der Waals surface area contributed by atoms with E-state index >= 15 is 0 Å². The minimum Gasteiger partial charge on any atom is -0.480 e. The number of piperidine rings is 1. The minimum absolute atomic E-state index is 0.0918. The Morgan fingerprint density at radius 1 is 1.14 bits per heavy atom. The van der Waals surface area contributed by atoms with Gasteiger partial charge in [0, 0.05) is 11.6 Å². The summed E-state index contributed by atoms with van der Waals surface area (Å²) in [5.41, 5.74) is 0. The van der Waals surface area contributed by atoms with Crippen LogP contribution in [0.25, 0.3) is 0 Å². The molecule has 1 saturated heterocycles. The fourth-order valence-corrected chi connectivity index (χ4v) is 5.31. The van der Waals surface area contributed by atoms with Crippen LogP contribution in [-0.4, -0.2) is 48.8 Å². The number of carboxylic acids is 1. The second-order valence-corrected chi connectivity index (χ2v) is 9.37. The van der Waals surface area contributed by atoms with Crippen molar-refractivity contribution < 1.29 is 23.1 Å². The zero-order valence-electron chi connectivity index (χ0n) is 15.4. The predicted molar refractivity (Wildman–Crippen MR) is 107 cm³/mol. The van der Waals surface area contributed by atoms with Gasteiger partial charge in [-0.05, 0) is 67.9 Å². The summed E-state index contributed by atoms with van der Waals surface area (Å²) in [5.74, 6) is 0.121. The number of carboxylic acid groups (broad SMARTS) is 1. The molecule has 1 fully saturated rings. The third-order valence-electron chi connectivity index (χ3n) is 5.00. The second kappa shape index (κ2) is 8.51. The topological polar surface area (TPSA) is 83.9 Å². The number of nitrogens with zero attached hydrogens (tertiary/aromatic N) is 1. The smallest absolute Gasteiger partial charge is 0.320 e. The highest BCUT2D eigenvalue weighted by molar-refractivity contribution is 7.92.